The summed E-state index contributed by atoms with van der Waals surface area (Å²) in [4.78, 5) is 31.3. The Morgan fingerprint density at radius 2 is 1.77 bits per heavy atom. The highest BCUT2D eigenvalue weighted by Gasteiger charge is 2.38. The fourth-order valence-electron chi connectivity index (χ4n) is 4.01. The number of carbonyl (C=O) groups is 2. The number of hydrogen-bond acceptors (Lipinski definition) is 4. The minimum atomic E-state index is -1.39. The molecule has 156 valence electrons. The second-order valence-electron chi connectivity index (χ2n) is 8.18. The van der Waals surface area contributed by atoms with Crippen molar-refractivity contribution in [2.45, 2.75) is 31.8 Å². The molecule has 4 rings (SSSR count). The molecule has 0 bridgehead atoms. The van der Waals surface area contributed by atoms with Crippen LogP contribution in [0.15, 0.2) is 60.7 Å². The van der Waals surface area contributed by atoms with Crippen LogP contribution >= 0.6 is 0 Å². The Hall–Kier alpha value is -3.12. The molecule has 0 radical (unpaired) electrons. The number of rotatable bonds is 5. The van der Waals surface area contributed by atoms with E-state index in [4.69, 9.17) is 4.84 Å². The van der Waals surface area contributed by atoms with Gasteiger partial charge in [-0.05, 0) is 61.4 Å². The normalized spacial score (nSPS) is 21.8. The molecule has 2 aromatic carbocycles. The lowest BCUT2D eigenvalue weighted by molar-refractivity contribution is -0.159. The van der Waals surface area contributed by atoms with Crippen molar-refractivity contribution in [2.24, 2.45) is 5.92 Å². The lowest BCUT2D eigenvalue weighted by Gasteiger charge is -2.32. The molecule has 2 aliphatic heterocycles. The van der Waals surface area contributed by atoms with E-state index in [2.05, 4.69) is 29.7 Å². The highest BCUT2D eigenvalue weighted by molar-refractivity contribution is 5.94. The van der Waals surface area contributed by atoms with Gasteiger partial charge in [-0.15, -0.1) is 0 Å². The predicted octanol–water partition coefficient (Wildman–Crippen LogP) is 3.50. The molecule has 2 aliphatic rings. The van der Waals surface area contributed by atoms with E-state index in [9.17, 15) is 14.7 Å². The van der Waals surface area contributed by atoms with Gasteiger partial charge in [0, 0.05) is 18.7 Å². The first kappa shape index (κ1) is 20.2. The zero-order valence-corrected chi connectivity index (χ0v) is 17.0. The van der Waals surface area contributed by atoms with Crippen LogP contribution in [0, 0.1) is 5.92 Å². The number of carboxylic acids is 1. The fourth-order valence-corrected chi connectivity index (χ4v) is 4.01. The highest BCUT2D eigenvalue weighted by atomic mass is 16.7. The Labute approximate surface area is 176 Å². The standard InChI is InChI=1S/C24H26N2O4/c1-24(23(28)29)16-21(25-30-24)19-7-9-20(10-8-19)22(27)26-13-11-18(12-14-26)15-17-5-3-2-4-6-17/h2-10,16,18,25H,11-15H2,1H3,(H,28,29). The average molecular weight is 406 g/mol. The van der Waals surface area contributed by atoms with Crippen molar-refractivity contribution in [3.63, 3.8) is 0 Å². The van der Waals surface area contributed by atoms with Crippen LogP contribution in [0.2, 0.25) is 0 Å². The van der Waals surface area contributed by atoms with Crippen LogP contribution in [0.5, 0.6) is 0 Å². The summed E-state index contributed by atoms with van der Waals surface area (Å²) in [5, 5.41) is 9.24. The van der Waals surface area contributed by atoms with Crippen LogP contribution in [-0.4, -0.2) is 40.6 Å². The minimum absolute atomic E-state index is 0.0414. The van der Waals surface area contributed by atoms with E-state index in [0.717, 1.165) is 37.9 Å². The summed E-state index contributed by atoms with van der Waals surface area (Å²) in [7, 11) is 0. The topological polar surface area (TPSA) is 78.9 Å². The number of carbonyl (C=O) groups excluding carboxylic acids is 1. The number of piperidine rings is 1. The highest BCUT2D eigenvalue weighted by Crippen LogP contribution is 2.27. The molecule has 0 aromatic heterocycles. The zero-order chi connectivity index (χ0) is 21.1. The van der Waals surface area contributed by atoms with Gasteiger partial charge in [0.25, 0.3) is 5.91 Å². The maximum Gasteiger partial charge on any atom is 0.342 e. The van der Waals surface area contributed by atoms with Gasteiger partial charge in [0.15, 0.2) is 0 Å². The third-order valence-electron chi connectivity index (χ3n) is 5.93. The van der Waals surface area contributed by atoms with Gasteiger partial charge in [0.2, 0.25) is 5.60 Å². The van der Waals surface area contributed by atoms with Gasteiger partial charge in [-0.2, -0.15) is 0 Å². The van der Waals surface area contributed by atoms with Crippen LogP contribution in [0.25, 0.3) is 5.70 Å². The Morgan fingerprint density at radius 1 is 1.10 bits per heavy atom. The van der Waals surface area contributed by atoms with E-state index >= 15 is 0 Å². The zero-order valence-electron chi connectivity index (χ0n) is 17.0. The second kappa shape index (κ2) is 8.32. The SMILES string of the molecule is CC1(C(=O)O)C=C(c2ccc(C(=O)N3CCC(Cc4ccccc4)CC3)cc2)NO1. The number of hydrogen-bond donors (Lipinski definition) is 2. The second-order valence-corrected chi connectivity index (χ2v) is 8.18. The number of benzene rings is 2. The van der Waals surface area contributed by atoms with Crippen LogP contribution in [0.1, 0.15) is 41.3 Å². The Balaban J connectivity index is 1.35. The van der Waals surface area contributed by atoms with E-state index in [1.807, 2.05) is 23.1 Å². The summed E-state index contributed by atoms with van der Waals surface area (Å²) in [5.74, 6) is -0.407. The molecule has 6 heteroatoms. The summed E-state index contributed by atoms with van der Waals surface area (Å²) in [5.41, 5.74) is 4.63. The molecule has 1 fully saturated rings. The van der Waals surface area contributed by atoms with E-state index < -0.39 is 11.6 Å². The molecule has 1 amide bonds. The molecule has 2 aromatic rings. The number of carboxylic acid groups (broad SMARTS) is 1. The lowest BCUT2D eigenvalue weighted by atomic mass is 9.90. The van der Waals surface area contributed by atoms with Crippen molar-refractivity contribution in [3.05, 3.63) is 77.4 Å². The lowest BCUT2D eigenvalue weighted by Crippen LogP contribution is -2.38. The largest absolute Gasteiger partial charge is 0.479 e. The van der Waals surface area contributed by atoms with E-state index in [-0.39, 0.29) is 5.91 Å². The van der Waals surface area contributed by atoms with Gasteiger partial charge in [0.05, 0.1) is 5.70 Å². The molecule has 1 unspecified atom stereocenters. The maximum atomic E-state index is 12.9. The molecule has 2 N–H and O–H groups in total. The Bertz CT molecular complexity index is 947. The van der Waals surface area contributed by atoms with E-state index in [0.29, 0.717) is 17.2 Å². The molecular formula is C24H26N2O4. The number of aliphatic carboxylic acids is 1. The summed E-state index contributed by atoms with van der Waals surface area (Å²) < 4.78 is 0. The van der Waals surface area contributed by atoms with E-state index in [1.54, 1.807) is 12.1 Å². The fraction of sp³-hybridized carbons (Fsp3) is 0.333. The third-order valence-corrected chi connectivity index (χ3v) is 5.93. The predicted molar refractivity (Wildman–Crippen MR) is 113 cm³/mol. The summed E-state index contributed by atoms with van der Waals surface area (Å²) in [6.45, 7) is 3.03. The molecular weight excluding hydrogens is 380 g/mol. The quantitative estimate of drug-likeness (QED) is 0.795. The summed E-state index contributed by atoms with van der Waals surface area (Å²) in [6, 6.07) is 17.7. The molecule has 0 aliphatic carbocycles. The summed E-state index contributed by atoms with van der Waals surface area (Å²) >= 11 is 0. The van der Waals surface area contributed by atoms with Crippen molar-refractivity contribution in [1.29, 1.82) is 0 Å². The van der Waals surface area contributed by atoms with Gasteiger partial charge in [-0.1, -0.05) is 42.5 Å². The van der Waals surface area contributed by atoms with Gasteiger partial charge < -0.3 is 10.0 Å². The number of likely N-dealkylation sites (tertiary alicyclic amines) is 1. The first-order valence-corrected chi connectivity index (χ1v) is 10.3. The van der Waals surface area contributed by atoms with Gasteiger partial charge in [-0.25, -0.2) is 4.79 Å². The molecule has 2 heterocycles. The Kier molecular flexibility index (Phi) is 5.59. The number of amides is 1. The molecule has 0 saturated carbocycles. The van der Waals surface area contributed by atoms with Crippen LogP contribution in [0.4, 0.5) is 0 Å². The first-order valence-electron chi connectivity index (χ1n) is 10.3. The third kappa shape index (κ3) is 4.24. The number of hydroxylamine groups is 1. The average Bonchev–Trinajstić information content (AvgIpc) is 3.18. The van der Waals surface area contributed by atoms with Gasteiger partial charge in [-0.3, -0.25) is 15.1 Å². The monoisotopic (exact) mass is 406 g/mol. The number of nitrogens with one attached hydrogen (secondary N) is 1. The minimum Gasteiger partial charge on any atom is -0.479 e. The molecule has 6 nitrogen and oxygen atoms in total. The van der Waals surface area contributed by atoms with Gasteiger partial charge in [0.1, 0.15) is 0 Å². The summed E-state index contributed by atoms with van der Waals surface area (Å²) in [6.07, 6.45) is 4.63. The first-order chi connectivity index (χ1) is 14.4. The Morgan fingerprint density at radius 3 is 2.37 bits per heavy atom. The maximum absolute atomic E-state index is 12.9. The van der Waals surface area contributed by atoms with Crippen molar-refractivity contribution < 1.29 is 19.5 Å². The van der Waals surface area contributed by atoms with E-state index in [1.165, 1.54) is 18.6 Å². The smallest absolute Gasteiger partial charge is 0.342 e. The molecule has 1 saturated heterocycles. The van der Waals surface area contributed by atoms with Crippen molar-refractivity contribution in [1.82, 2.24) is 10.4 Å². The molecule has 30 heavy (non-hydrogen) atoms. The van der Waals surface area contributed by atoms with Gasteiger partial charge >= 0.3 is 5.97 Å². The van der Waals surface area contributed by atoms with Crippen LogP contribution in [-0.2, 0) is 16.1 Å². The van der Waals surface area contributed by atoms with Crippen molar-refractivity contribution >= 4 is 17.6 Å². The van der Waals surface area contributed by atoms with Crippen LogP contribution in [0.3, 0.4) is 0 Å². The molecule has 1 atom stereocenters. The van der Waals surface area contributed by atoms with Crippen LogP contribution < -0.4 is 5.48 Å². The van der Waals surface area contributed by atoms with Crippen molar-refractivity contribution in [2.75, 3.05) is 13.1 Å². The molecule has 0 spiro atoms. The number of nitrogens with zero attached hydrogens (tertiary/aromatic N) is 1. The van der Waals surface area contributed by atoms with Crippen molar-refractivity contribution in [3.8, 4) is 0 Å².